The van der Waals surface area contributed by atoms with Gasteiger partial charge in [0.1, 0.15) is 10.6 Å². The monoisotopic (exact) mass is 326 g/mol. The first-order valence-corrected chi connectivity index (χ1v) is 8.82. The molecule has 0 saturated carbocycles. The van der Waals surface area contributed by atoms with E-state index >= 15 is 0 Å². The maximum atomic E-state index is 12.5. The molecule has 2 aromatic rings. The standard InChI is InChI=1S/C14H18N2O3S2/c1-10(7-11-5-6-20-9-11)16-21(17,18)14-8-12(15)3-4-13(14)19-2/h3-6,8-10,16H,7,15H2,1-2H3. The predicted molar refractivity (Wildman–Crippen MR) is 85.2 cm³/mol. The summed E-state index contributed by atoms with van der Waals surface area (Å²) in [6.07, 6.45) is 0.632. The van der Waals surface area contributed by atoms with E-state index in [9.17, 15) is 8.42 Å². The zero-order valence-corrected chi connectivity index (χ0v) is 13.5. The number of methoxy groups -OCH3 is 1. The molecule has 0 amide bonds. The van der Waals surface area contributed by atoms with Gasteiger partial charge in [0.05, 0.1) is 7.11 Å². The summed E-state index contributed by atoms with van der Waals surface area (Å²) in [6.45, 7) is 1.83. The third-order valence-electron chi connectivity index (χ3n) is 2.96. The van der Waals surface area contributed by atoms with Gasteiger partial charge in [0.25, 0.3) is 0 Å². The Morgan fingerprint density at radius 3 is 2.76 bits per heavy atom. The number of nitrogens with one attached hydrogen (secondary N) is 1. The number of ether oxygens (including phenoxy) is 1. The van der Waals surface area contributed by atoms with Gasteiger partial charge < -0.3 is 10.5 Å². The number of sulfonamides is 1. The number of hydrogen-bond acceptors (Lipinski definition) is 5. The summed E-state index contributed by atoms with van der Waals surface area (Å²) in [5.41, 5.74) is 7.16. The van der Waals surface area contributed by atoms with Crippen molar-refractivity contribution >= 4 is 27.0 Å². The molecule has 2 rings (SSSR count). The van der Waals surface area contributed by atoms with Gasteiger partial charge in [-0.15, -0.1) is 0 Å². The molecule has 0 aliphatic heterocycles. The highest BCUT2D eigenvalue weighted by Gasteiger charge is 2.22. The Kier molecular flexibility index (Phi) is 4.87. The highest BCUT2D eigenvalue weighted by Crippen LogP contribution is 2.26. The van der Waals surface area contributed by atoms with E-state index in [1.807, 2.05) is 23.8 Å². The molecule has 1 aromatic heterocycles. The molecule has 5 nitrogen and oxygen atoms in total. The van der Waals surface area contributed by atoms with Crippen molar-refractivity contribution in [2.24, 2.45) is 0 Å². The maximum absolute atomic E-state index is 12.5. The van der Waals surface area contributed by atoms with E-state index in [-0.39, 0.29) is 16.7 Å². The molecule has 1 heterocycles. The second kappa shape index (κ2) is 6.46. The van der Waals surface area contributed by atoms with Crippen LogP contribution in [-0.4, -0.2) is 21.6 Å². The van der Waals surface area contributed by atoms with Crippen LogP contribution in [0.4, 0.5) is 5.69 Å². The summed E-state index contributed by atoms with van der Waals surface area (Å²) in [7, 11) is -2.25. The van der Waals surface area contributed by atoms with Crippen LogP contribution in [0, 0.1) is 0 Å². The molecule has 1 unspecified atom stereocenters. The molecule has 1 aromatic carbocycles. The first-order valence-electron chi connectivity index (χ1n) is 6.39. The molecule has 0 bridgehead atoms. The molecule has 0 aliphatic rings. The van der Waals surface area contributed by atoms with Crippen molar-refractivity contribution in [3.63, 3.8) is 0 Å². The second-order valence-corrected chi connectivity index (χ2v) is 7.23. The molecule has 0 spiro atoms. The Balaban J connectivity index is 2.20. The Bertz CT molecular complexity index is 697. The zero-order valence-electron chi connectivity index (χ0n) is 11.9. The minimum absolute atomic E-state index is 0.0576. The quantitative estimate of drug-likeness (QED) is 0.798. The highest BCUT2D eigenvalue weighted by atomic mass is 32.2. The number of anilines is 1. The highest BCUT2D eigenvalue weighted by molar-refractivity contribution is 7.89. The predicted octanol–water partition coefficient (Wildman–Crippen LogP) is 2.25. The van der Waals surface area contributed by atoms with E-state index in [0.29, 0.717) is 12.1 Å². The fourth-order valence-corrected chi connectivity index (χ4v) is 4.16. The Hall–Kier alpha value is -1.57. The lowest BCUT2D eigenvalue weighted by atomic mass is 10.1. The minimum atomic E-state index is -3.68. The summed E-state index contributed by atoms with van der Waals surface area (Å²) in [5.74, 6) is 0.277. The number of nitrogens with two attached hydrogens (primary N) is 1. The molecule has 1 atom stereocenters. The third kappa shape index (κ3) is 3.96. The maximum Gasteiger partial charge on any atom is 0.244 e. The zero-order chi connectivity index (χ0) is 15.5. The van der Waals surface area contributed by atoms with E-state index in [2.05, 4.69) is 4.72 Å². The number of hydrogen-bond donors (Lipinski definition) is 2. The van der Waals surface area contributed by atoms with Gasteiger partial charge in [-0.05, 0) is 53.9 Å². The first-order chi connectivity index (χ1) is 9.92. The average molecular weight is 326 g/mol. The van der Waals surface area contributed by atoms with Crippen LogP contribution in [-0.2, 0) is 16.4 Å². The number of rotatable bonds is 6. The van der Waals surface area contributed by atoms with Gasteiger partial charge in [0.15, 0.2) is 0 Å². The van der Waals surface area contributed by atoms with Gasteiger partial charge in [0, 0.05) is 11.7 Å². The second-order valence-electron chi connectivity index (χ2n) is 4.77. The van der Waals surface area contributed by atoms with E-state index in [1.54, 1.807) is 23.5 Å². The molecule has 0 saturated heterocycles. The third-order valence-corrected chi connectivity index (χ3v) is 5.30. The largest absolute Gasteiger partial charge is 0.495 e. The van der Waals surface area contributed by atoms with Crippen LogP contribution in [0.5, 0.6) is 5.75 Å². The number of benzene rings is 1. The summed E-state index contributed by atoms with van der Waals surface area (Å²) >= 11 is 1.59. The van der Waals surface area contributed by atoms with Crippen molar-refractivity contribution in [3.8, 4) is 5.75 Å². The smallest absolute Gasteiger partial charge is 0.244 e. The van der Waals surface area contributed by atoms with Crippen molar-refractivity contribution < 1.29 is 13.2 Å². The van der Waals surface area contributed by atoms with Gasteiger partial charge in [0.2, 0.25) is 10.0 Å². The van der Waals surface area contributed by atoms with Crippen LogP contribution in [0.1, 0.15) is 12.5 Å². The fraction of sp³-hybridized carbons (Fsp3) is 0.286. The normalized spacial score (nSPS) is 13.0. The molecular weight excluding hydrogens is 308 g/mol. The van der Waals surface area contributed by atoms with Crippen LogP contribution in [0.15, 0.2) is 39.9 Å². The van der Waals surface area contributed by atoms with Crippen LogP contribution in [0.3, 0.4) is 0 Å². The van der Waals surface area contributed by atoms with Gasteiger partial charge >= 0.3 is 0 Å². The van der Waals surface area contributed by atoms with E-state index in [1.165, 1.54) is 13.2 Å². The molecular formula is C14H18N2O3S2. The molecule has 0 aliphatic carbocycles. The molecule has 7 heteroatoms. The van der Waals surface area contributed by atoms with Crippen LogP contribution >= 0.6 is 11.3 Å². The topological polar surface area (TPSA) is 81.4 Å². The van der Waals surface area contributed by atoms with E-state index in [0.717, 1.165) is 5.56 Å². The van der Waals surface area contributed by atoms with Crippen LogP contribution < -0.4 is 15.2 Å². The lowest BCUT2D eigenvalue weighted by Gasteiger charge is -2.16. The van der Waals surface area contributed by atoms with Gasteiger partial charge in [-0.2, -0.15) is 11.3 Å². The fourth-order valence-electron chi connectivity index (χ4n) is 2.04. The van der Waals surface area contributed by atoms with Crippen LogP contribution in [0.2, 0.25) is 0 Å². The minimum Gasteiger partial charge on any atom is -0.495 e. The van der Waals surface area contributed by atoms with Crippen molar-refractivity contribution in [2.45, 2.75) is 24.3 Å². The molecule has 114 valence electrons. The van der Waals surface area contributed by atoms with Crippen molar-refractivity contribution in [3.05, 3.63) is 40.6 Å². The summed E-state index contributed by atoms with van der Waals surface area (Å²) in [4.78, 5) is 0.0576. The summed E-state index contributed by atoms with van der Waals surface area (Å²) < 4.78 is 32.7. The molecule has 3 N–H and O–H groups in total. The lowest BCUT2D eigenvalue weighted by molar-refractivity contribution is 0.402. The van der Waals surface area contributed by atoms with Gasteiger partial charge in [-0.3, -0.25) is 0 Å². The van der Waals surface area contributed by atoms with Crippen molar-refractivity contribution in [1.82, 2.24) is 4.72 Å². The SMILES string of the molecule is COc1ccc(N)cc1S(=O)(=O)NC(C)Cc1ccsc1. The Morgan fingerprint density at radius 1 is 1.38 bits per heavy atom. The summed E-state index contributed by atoms with van der Waals surface area (Å²) in [5, 5.41) is 3.98. The van der Waals surface area contributed by atoms with Crippen molar-refractivity contribution in [2.75, 3.05) is 12.8 Å². The Labute approximate surface area is 128 Å². The summed E-state index contributed by atoms with van der Waals surface area (Å²) in [6, 6.07) is 6.31. The molecule has 21 heavy (non-hydrogen) atoms. The average Bonchev–Trinajstić information content (AvgIpc) is 2.90. The first kappa shape index (κ1) is 15.8. The van der Waals surface area contributed by atoms with E-state index in [4.69, 9.17) is 10.5 Å². The number of thiophene rings is 1. The Morgan fingerprint density at radius 2 is 2.14 bits per heavy atom. The van der Waals surface area contributed by atoms with Gasteiger partial charge in [-0.25, -0.2) is 13.1 Å². The van der Waals surface area contributed by atoms with E-state index < -0.39 is 10.0 Å². The van der Waals surface area contributed by atoms with Crippen LogP contribution in [0.25, 0.3) is 0 Å². The number of nitrogen functional groups attached to an aromatic ring is 1. The lowest BCUT2D eigenvalue weighted by Crippen LogP contribution is -2.34. The molecule has 0 fully saturated rings. The van der Waals surface area contributed by atoms with Crippen molar-refractivity contribution in [1.29, 1.82) is 0 Å². The van der Waals surface area contributed by atoms with Gasteiger partial charge in [-0.1, -0.05) is 0 Å². The molecule has 0 radical (unpaired) electrons.